The number of hydrogen-bond acceptors (Lipinski definition) is 6. The van der Waals surface area contributed by atoms with Crippen LogP contribution in [0.15, 0.2) is 35.0 Å². The van der Waals surface area contributed by atoms with E-state index in [1.807, 2.05) is 35.0 Å². The largest absolute Gasteiger partial charge is 0.379 e. The van der Waals surface area contributed by atoms with Crippen LogP contribution in [0.1, 0.15) is 9.75 Å². The Kier molecular flexibility index (Phi) is 6.43. The topological polar surface area (TPSA) is 49.9 Å². The van der Waals surface area contributed by atoms with Crippen molar-refractivity contribution in [3.05, 3.63) is 44.8 Å². The highest BCUT2D eigenvalue weighted by atomic mass is 32.2. The van der Waals surface area contributed by atoms with Gasteiger partial charge in [-0.05, 0) is 22.9 Å². The van der Waals surface area contributed by atoms with Crippen LogP contribution in [0.3, 0.4) is 0 Å². The number of nitrogens with zero attached hydrogens (tertiary/aromatic N) is 2. The van der Waals surface area contributed by atoms with Crippen molar-refractivity contribution in [1.82, 2.24) is 9.21 Å². The second-order valence-corrected chi connectivity index (χ2v) is 9.85. The zero-order valence-corrected chi connectivity index (χ0v) is 15.9. The van der Waals surface area contributed by atoms with Gasteiger partial charge in [-0.25, -0.2) is 8.42 Å². The van der Waals surface area contributed by atoms with Crippen LogP contribution in [0, 0.1) is 0 Å². The maximum Gasteiger partial charge on any atom is 0.216 e. The number of ether oxygens (including phenoxy) is 1. The Morgan fingerprint density at radius 3 is 2.12 bits per heavy atom. The van der Waals surface area contributed by atoms with Crippen molar-refractivity contribution in [1.29, 1.82) is 0 Å². The first kappa shape index (κ1) is 18.0. The molecule has 0 atom stereocenters. The van der Waals surface area contributed by atoms with E-state index in [0.717, 1.165) is 22.8 Å². The summed E-state index contributed by atoms with van der Waals surface area (Å²) in [4.78, 5) is 4.30. The van der Waals surface area contributed by atoms with E-state index >= 15 is 0 Å². The Hall–Kier alpha value is -0.770. The van der Waals surface area contributed by atoms with Crippen LogP contribution < -0.4 is 0 Å². The molecule has 8 heteroatoms. The van der Waals surface area contributed by atoms with Crippen LogP contribution in [0.25, 0.3) is 0 Å². The van der Waals surface area contributed by atoms with Crippen LogP contribution in [-0.2, 0) is 27.8 Å². The first-order valence-corrected chi connectivity index (χ1v) is 11.3. The first-order valence-electron chi connectivity index (χ1n) is 7.96. The molecular formula is C16H22N2O3S3. The van der Waals surface area contributed by atoms with E-state index in [1.54, 1.807) is 27.0 Å². The Balaban J connectivity index is 1.67. The highest BCUT2D eigenvalue weighted by molar-refractivity contribution is 7.89. The highest BCUT2D eigenvalue weighted by Crippen LogP contribution is 2.20. The summed E-state index contributed by atoms with van der Waals surface area (Å²) in [7, 11) is -3.31. The van der Waals surface area contributed by atoms with Crippen molar-refractivity contribution in [3.63, 3.8) is 0 Å². The average molecular weight is 387 g/mol. The van der Waals surface area contributed by atoms with Crippen LogP contribution >= 0.6 is 22.7 Å². The van der Waals surface area contributed by atoms with Crippen LogP contribution in [0.5, 0.6) is 0 Å². The third-order valence-corrected chi connectivity index (χ3v) is 7.45. The van der Waals surface area contributed by atoms with Gasteiger partial charge in [0.25, 0.3) is 0 Å². The number of sulfonamides is 1. The summed E-state index contributed by atoms with van der Waals surface area (Å²) >= 11 is 3.19. The van der Waals surface area contributed by atoms with Gasteiger partial charge in [-0.15, -0.1) is 22.7 Å². The second kappa shape index (κ2) is 8.55. The molecule has 1 aliphatic rings. The van der Waals surface area contributed by atoms with E-state index in [4.69, 9.17) is 4.74 Å². The summed E-state index contributed by atoms with van der Waals surface area (Å²) in [6.07, 6.45) is 0. The number of hydrogen-bond donors (Lipinski definition) is 0. The SMILES string of the molecule is O=S(=O)(CCN1CCOCC1)N(Cc1cccs1)Cc1cccs1. The van der Waals surface area contributed by atoms with Crippen molar-refractivity contribution < 1.29 is 13.2 Å². The Morgan fingerprint density at radius 2 is 1.62 bits per heavy atom. The van der Waals surface area contributed by atoms with E-state index in [9.17, 15) is 8.42 Å². The maximum atomic E-state index is 12.9. The lowest BCUT2D eigenvalue weighted by atomic mass is 10.4. The standard InChI is InChI=1S/C16H22N2O3S3/c19-24(20,12-7-17-5-8-21-9-6-17)18(13-15-3-1-10-22-15)14-16-4-2-11-23-16/h1-4,10-11H,5-9,12-14H2. The molecule has 132 valence electrons. The smallest absolute Gasteiger partial charge is 0.216 e. The summed E-state index contributed by atoms with van der Waals surface area (Å²) in [6.45, 7) is 4.46. The molecule has 24 heavy (non-hydrogen) atoms. The molecule has 0 aliphatic carbocycles. The molecule has 2 aromatic heterocycles. The second-order valence-electron chi connectivity index (χ2n) is 5.70. The highest BCUT2D eigenvalue weighted by Gasteiger charge is 2.24. The molecule has 0 spiro atoms. The molecule has 0 N–H and O–H groups in total. The summed E-state index contributed by atoms with van der Waals surface area (Å²) in [5.74, 6) is 0.156. The fraction of sp³-hybridized carbons (Fsp3) is 0.500. The zero-order valence-electron chi connectivity index (χ0n) is 13.5. The lowest BCUT2D eigenvalue weighted by molar-refractivity contribution is 0.0407. The van der Waals surface area contributed by atoms with Gasteiger partial charge in [0.05, 0.1) is 19.0 Å². The maximum absolute atomic E-state index is 12.9. The molecule has 0 bridgehead atoms. The molecule has 5 nitrogen and oxygen atoms in total. The minimum atomic E-state index is -3.31. The minimum Gasteiger partial charge on any atom is -0.379 e. The van der Waals surface area contributed by atoms with Gasteiger partial charge in [-0.1, -0.05) is 12.1 Å². The number of morpholine rings is 1. The van der Waals surface area contributed by atoms with E-state index in [0.29, 0.717) is 32.8 Å². The van der Waals surface area contributed by atoms with Crippen molar-refractivity contribution >= 4 is 32.7 Å². The Bertz CT molecular complexity index is 657. The molecule has 0 unspecified atom stereocenters. The van der Waals surface area contributed by atoms with Gasteiger partial charge in [-0.3, -0.25) is 4.90 Å². The van der Waals surface area contributed by atoms with Gasteiger partial charge in [0.1, 0.15) is 0 Å². The van der Waals surface area contributed by atoms with Crippen molar-refractivity contribution in [2.45, 2.75) is 13.1 Å². The van der Waals surface area contributed by atoms with Gasteiger partial charge in [-0.2, -0.15) is 4.31 Å². The molecule has 1 fully saturated rings. The Morgan fingerprint density at radius 1 is 1.04 bits per heavy atom. The van der Waals surface area contributed by atoms with Crippen LogP contribution in [-0.4, -0.2) is 56.2 Å². The quantitative estimate of drug-likeness (QED) is 0.699. The third kappa shape index (κ3) is 5.11. The van der Waals surface area contributed by atoms with Gasteiger partial charge in [0.15, 0.2) is 0 Å². The monoisotopic (exact) mass is 386 g/mol. The first-order chi connectivity index (χ1) is 11.6. The van der Waals surface area contributed by atoms with E-state index in [2.05, 4.69) is 4.90 Å². The molecule has 3 rings (SSSR count). The molecule has 0 amide bonds. The number of rotatable bonds is 8. The van der Waals surface area contributed by atoms with Crippen molar-refractivity contribution in [2.24, 2.45) is 0 Å². The van der Waals surface area contributed by atoms with Gasteiger partial charge in [0, 0.05) is 42.5 Å². The molecule has 0 aromatic carbocycles. The lowest BCUT2D eigenvalue weighted by Gasteiger charge is -2.28. The molecule has 2 aromatic rings. The van der Waals surface area contributed by atoms with Gasteiger partial charge in [0.2, 0.25) is 10.0 Å². The lowest BCUT2D eigenvalue weighted by Crippen LogP contribution is -2.41. The van der Waals surface area contributed by atoms with E-state index < -0.39 is 10.0 Å². The molecule has 1 aliphatic heterocycles. The van der Waals surface area contributed by atoms with Crippen LogP contribution in [0.4, 0.5) is 0 Å². The summed E-state index contributed by atoms with van der Waals surface area (Å²) in [6, 6.07) is 7.90. The normalized spacial score (nSPS) is 16.7. The number of thiophene rings is 2. The van der Waals surface area contributed by atoms with Crippen LogP contribution in [0.2, 0.25) is 0 Å². The van der Waals surface area contributed by atoms with Gasteiger partial charge >= 0.3 is 0 Å². The summed E-state index contributed by atoms with van der Waals surface area (Å²) in [5.41, 5.74) is 0. The molecular weight excluding hydrogens is 364 g/mol. The predicted octanol–water partition coefficient (Wildman–Crippen LogP) is 2.47. The minimum absolute atomic E-state index is 0.156. The molecule has 0 saturated carbocycles. The summed E-state index contributed by atoms with van der Waals surface area (Å²) < 4.78 is 32.7. The van der Waals surface area contributed by atoms with E-state index in [1.165, 1.54) is 0 Å². The Labute approximate surface area is 151 Å². The molecule has 0 radical (unpaired) electrons. The zero-order chi connectivity index (χ0) is 16.8. The van der Waals surface area contributed by atoms with Crippen molar-refractivity contribution in [3.8, 4) is 0 Å². The van der Waals surface area contributed by atoms with E-state index in [-0.39, 0.29) is 5.75 Å². The van der Waals surface area contributed by atoms with Crippen molar-refractivity contribution in [2.75, 3.05) is 38.6 Å². The van der Waals surface area contributed by atoms with Gasteiger partial charge < -0.3 is 4.74 Å². The average Bonchev–Trinajstić information content (AvgIpc) is 3.27. The third-order valence-electron chi connectivity index (χ3n) is 3.99. The molecule has 3 heterocycles. The predicted molar refractivity (Wildman–Crippen MR) is 98.9 cm³/mol. The fourth-order valence-corrected chi connectivity index (χ4v) is 5.62. The summed E-state index contributed by atoms with van der Waals surface area (Å²) in [5, 5.41) is 3.97. The molecule has 1 saturated heterocycles. The fourth-order valence-electron chi connectivity index (χ4n) is 2.60.